The molecule has 0 fully saturated rings. The summed E-state index contributed by atoms with van der Waals surface area (Å²) in [5, 5.41) is 0. The van der Waals surface area contributed by atoms with Gasteiger partial charge in [0.1, 0.15) is 0 Å². The maximum absolute atomic E-state index is 12.4. The third-order valence-corrected chi connectivity index (χ3v) is 4.48. The zero-order valence-corrected chi connectivity index (χ0v) is 15.6. The fourth-order valence-corrected chi connectivity index (χ4v) is 2.82. The van der Waals surface area contributed by atoms with Crippen LogP contribution < -0.4 is 0 Å². The highest BCUT2D eigenvalue weighted by Gasteiger charge is 2.13. The van der Waals surface area contributed by atoms with Crippen molar-refractivity contribution in [1.82, 2.24) is 0 Å². The first kappa shape index (κ1) is 17.9. The molecule has 0 N–H and O–H groups in total. The molecular weight excluding hydrogens is 316 g/mol. The predicted octanol–water partition coefficient (Wildman–Crippen LogP) is 6.55. The Balaban J connectivity index is 1.70. The molecule has 0 spiro atoms. The minimum absolute atomic E-state index is 0.0256. The van der Waals surface area contributed by atoms with Crippen molar-refractivity contribution in [3.63, 3.8) is 0 Å². The van der Waals surface area contributed by atoms with Gasteiger partial charge in [-0.05, 0) is 33.7 Å². The SMILES string of the molecule is CC(C)(C)c1ccc(C(=O)C=Cc2ccc(-c3ccccc3)cc2)cc1. The van der Waals surface area contributed by atoms with E-state index in [4.69, 9.17) is 0 Å². The van der Waals surface area contributed by atoms with Crippen molar-refractivity contribution >= 4 is 11.9 Å². The Hall–Kier alpha value is -2.93. The molecule has 1 heteroatoms. The van der Waals surface area contributed by atoms with Gasteiger partial charge in [-0.3, -0.25) is 4.79 Å². The molecule has 0 saturated heterocycles. The van der Waals surface area contributed by atoms with Crippen molar-refractivity contribution in [2.75, 3.05) is 0 Å². The van der Waals surface area contributed by atoms with Crippen LogP contribution in [0.4, 0.5) is 0 Å². The van der Waals surface area contributed by atoms with Gasteiger partial charge in [-0.25, -0.2) is 0 Å². The van der Waals surface area contributed by atoms with Gasteiger partial charge in [0.2, 0.25) is 0 Å². The fraction of sp³-hybridized carbons (Fsp3) is 0.160. The molecule has 1 nitrogen and oxygen atoms in total. The Morgan fingerprint density at radius 3 is 1.88 bits per heavy atom. The molecule has 0 aliphatic carbocycles. The van der Waals surface area contributed by atoms with Crippen LogP contribution in [0.5, 0.6) is 0 Å². The van der Waals surface area contributed by atoms with Gasteiger partial charge in [0.25, 0.3) is 0 Å². The summed E-state index contributed by atoms with van der Waals surface area (Å²) >= 11 is 0. The number of ketones is 1. The van der Waals surface area contributed by atoms with E-state index in [1.807, 2.05) is 60.7 Å². The van der Waals surface area contributed by atoms with E-state index in [-0.39, 0.29) is 11.2 Å². The maximum Gasteiger partial charge on any atom is 0.185 e. The Bertz CT molecular complexity index is 893. The fourth-order valence-electron chi connectivity index (χ4n) is 2.82. The number of carbonyl (C=O) groups excluding carboxylic acids is 1. The van der Waals surface area contributed by atoms with Crippen molar-refractivity contribution in [3.05, 3.63) is 102 Å². The second kappa shape index (κ2) is 7.53. The van der Waals surface area contributed by atoms with Gasteiger partial charge in [-0.15, -0.1) is 0 Å². The lowest BCUT2D eigenvalue weighted by atomic mass is 9.86. The molecule has 0 amide bonds. The lowest BCUT2D eigenvalue weighted by molar-refractivity contribution is 0.104. The summed E-state index contributed by atoms with van der Waals surface area (Å²) in [5.74, 6) is 0.0256. The Morgan fingerprint density at radius 1 is 0.731 bits per heavy atom. The van der Waals surface area contributed by atoms with Crippen LogP contribution in [0, 0.1) is 0 Å². The topological polar surface area (TPSA) is 17.1 Å². The molecule has 3 aromatic carbocycles. The molecule has 130 valence electrons. The van der Waals surface area contributed by atoms with Gasteiger partial charge in [0.05, 0.1) is 0 Å². The first-order valence-corrected chi connectivity index (χ1v) is 8.92. The number of hydrogen-bond acceptors (Lipinski definition) is 1. The number of rotatable bonds is 4. The van der Waals surface area contributed by atoms with E-state index < -0.39 is 0 Å². The number of benzene rings is 3. The van der Waals surface area contributed by atoms with Gasteiger partial charge in [-0.2, -0.15) is 0 Å². The van der Waals surface area contributed by atoms with Gasteiger partial charge in [0.15, 0.2) is 5.78 Å². The highest BCUT2D eigenvalue weighted by Crippen LogP contribution is 2.23. The smallest absolute Gasteiger partial charge is 0.185 e. The first-order chi connectivity index (χ1) is 12.4. The summed E-state index contributed by atoms with van der Waals surface area (Å²) in [7, 11) is 0. The molecule has 3 aromatic rings. The molecule has 0 aliphatic rings. The van der Waals surface area contributed by atoms with Gasteiger partial charge < -0.3 is 0 Å². The average Bonchev–Trinajstić information content (AvgIpc) is 2.66. The number of carbonyl (C=O) groups is 1. The van der Waals surface area contributed by atoms with E-state index in [0.717, 1.165) is 11.1 Å². The zero-order chi connectivity index (χ0) is 18.6. The van der Waals surface area contributed by atoms with Crippen LogP contribution >= 0.6 is 0 Å². The summed E-state index contributed by atoms with van der Waals surface area (Å²) in [6, 6.07) is 26.4. The van der Waals surface area contributed by atoms with E-state index in [0.29, 0.717) is 0 Å². The average molecular weight is 340 g/mol. The van der Waals surface area contributed by atoms with Crippen LogP contribution in [0.2, 0.25) is 0 Å². The molecule has 0 atom stereocenters. The minimum atomic E-state index is 0.0256. The summed E-state index contributed by atoms with van der Waals surface area (Å²) in [4.78, 5) is 12.4. The lowest BCUT2D eigenvalue weighted by Gasteiger charge is -2.18. The summed E-state index contributed by atoms with van der Waals surface area (Å²) < 4.78 is 0. The summed E-state index contributed by atoms with van der Waals surface area (Å²) in [6.07, 6.45) is 3.51. The Morgan fingerprint density at radius 2 is 1.31 bits per heavy atom. The van der Waals surface area contributed by atoms with E-state index in [1.54, 1.807) is 6.08 Å². The first-order valence-electron chi connectivity index (χ1n) is 8.92. The maximum atomic E-state index is 12.4. The van der Waals surface area contributed by atoms with Crippen LogP contribution in [0.15, 0.2) is 84.9 Å². The largest absolute Gasteiger partial charge is 0.289 e. The third-order valence-electron chi connectivity index (χ3n) is 4.48. The molecular formula is C25H24O. The van der Waals surface area contributed by atoms with Crippen molar-refractivity contribution in [2.45, 2.75) is 26.2 Å². The van der Waals surface area contributed by atoms with Gasteiger partial charge in [0, 0.05) is 5.56 Å². The molecule has 26 heavy (non-hydrogen) atoms. The van der Waals surface area contributed by atoms with Gasteiger partial charge >= 0.3 is 0 Å². The zero-order valence-electron chi connectivity index (χ0n) is 15.6. The highest BCUT2D eigenvalue weighted by atomic mass is 16.1. The Kier molecular flexibility index (Phi) is 5.18. The van der Waals surface area contributed by atoms with Crippen molar-refractivity contribution in [1.29, 1.82) is 0 Å². The number of hydrogen-bond donors (Lipinski definition) is 0. The van der Waals surface area contributed by atoms with Crippen LogP contribution in [0.25, 0.3) is 17.2 Å². The third kappa shape index (κ3) is 4.37. The molecule has 0 unspecified atom stereocenters. The molecule has 0 radical (unpaired) electrons. The molecule has 0 bridgehead atoms. The van der Waals surface area contributed by atoms with E-state index >= 15 is 0 Å². The monoisotopic (exact) mass is 340 g/mol. The van der Waals surface area contributed by atoms with Gasteiger partial charge in [-0.1, -0.05) is 106 Å². The number of allylic oxidation sites excluding steroid dienone is 1. The van der Waals surface area contributed by atoms with Crippen molar-refractivity contribution in [2.24, 2.45) is 0 Å². The Labute approximate surface area is 156 Å². The molecule has 3 rings (SSSR count). The summed E-state index contributed by atoms with van der Waals surface area (Å²) in [6.45, 7) is 6.51. The standard InChI is InChI=1S/C25H24O/c1-25(2,3)23-16-14-22(15-17-23)24(26)18-11-19-9-12-21(13-10-19)20-7-5-4-6-8-20/h4-18H,1-3H3. The molecule has 0 aromatic heterocycles. The minimum Gasteiger partial charge on any atom is -0.289 e. The van der Waals surface area contributed by atoms with E-state index in [9.17, 15) is 4.79 Å². The van der Waals surface area contributed by atoms with E-state index in [2.05, 4.69) is 45.0 Å². The second-order valence-corrected chi connectivity index (χ2v) is 7.51. The highest BCUT2D eigenvalue weighted by molar-refractivity contribution is 6.06. The van der Waals surface area contributed by atoms with Crippen LogP contribution in [-0.2, 0) is 5.41 Å². The quantitative estimate of drug-likeness (QED) is 0.389. The molecule has 0 heterocycles. The predicted molar refractivity (Wildman–Crippen MR) is 110 cm³/mol. The normalized spacial score (nSPS) is 11.7. The van der Waals surface area contributed by atoms with Crippen LogP contribution in [0.1, 0.15) is 42.3 Å². The second-order valence-electron chi connectivity index (χ2n) is 7.51. The summed E-state index contributed by atoms with van der Waals surface area (Å²) in [5.41, 5.74) is 5.43. The van der Waals surface area contributed by atoms with E-state index in [1.165, 1.54) is 16.7 Å². The van der Waals surface area contributed by atoms with Crippen LogP contribution in [0.3, 0.4) is 0 Å². The van der Waals surface area contributed by atoms with Crippen LogP contribution in [-0.4, -0.2) is 5.78 Å². The molecule has 0 aliphatic heterocycles. The van der Waals surface area contributed by atoms with Crippen molar-refractivity contribution in [3.8, 4) is 11.1 Å². The lowest BCUT2D eigenvalue weighted by Crippen LogP contribution is -2.11. The molecule has 0 saturated carbocycles. The van der Waals surface area contributed by atoms with Crippen molar-refractivity contribution < 1.29 is 4.79 Å².